The molecule has 0 fully saturated rings. The first-order valence-corrected chi connectivity index (χ1v) is 6.88. The number of ether oxygens (including phenoxy) is 1. The summed E-state index contributed by atoms with van der Waals surface area (Å²) in [5.74, 6) is 0.973. The van der Waals surface area contributed by atoms with Crippen LogP contribution in [0.1, 0.15) is 42.0 Å². The van der Waals surface area contributed by atoms with Crippen LogP contribution in [-0.2, 0) is 0 Å². The summed E-state index contributed by atoms with van der Waals surface area (Å²) < 4.78 is 6.63. The molecule has 0 N–H and O–H groups in total. The second kappa shape index (κ2) is 5.75. The predicted octanol–water partition coefficient (Wildman–Crippen LogP) is 4.65. The van der Waals surface area contributed by atoms with Crippen molar-refractivity contribution < 1.29 is 4.74 Å². The Morgan fingerprint density at radius 2 is 1.67 bits per heavy atom. The lowest BCUT2D eigenvalue weighted by Gasteiger charge is -2.23. The minimum atomic E-state index is -0.143. The molecule has 0 radical (unpaired) electrons. The van der Waals surface area contributed by atoms with Gasteiger partial charge in [-0.1, -0.05) is 29.8 Å². The van der Waals surface area contributed by atoms with Crippen molar-refractivity contribution in [3.05, 3.63) is 26.7 Å². The molecule has 0 bridgehead atoms. The normalized spacial score (nSPS) is 12.4. The van der Waals surface area contributed by atoms with Gasteiger partial charge in [-0.25, -0.2) is 0 Å². The summed E-state index contributed by atoms with van der Waals surface area (Å²) in [5.41, 5.74) is 4.40. The van der Waals surface area contributed by atoms with E-state index >= 15 is 0 Å². The Balaban J connectivity index is 3.67. The van der Waals surface area contributed by atoms with Crippen molar-refractivity contribution in [1.82, 2.24) is 0 Å². The van der Waals surface area contributed by atoms with Crippen molar-refractivity contribution >= 4 is 15.9 Å². The highest BCUT2D eigenvalue weighted by molar-refractivity contribution is 9.10. The molecule has 0 saturated heterocycles. The van der Waals surface area contributed by atoms with E-state index in [2.05, 4.69) is 42.8 Å². The van der Waals surface area contributed by atoms with E-state index in [1.165, 1.54) is 5.56 Å². The van der Waals surface area contributed by atoms with E-state index in [1.807, 2.05) is 13.8 Å². The number of hydrogen-bond donors (Lipinski definition) is 0. The quantitative estimate of drug-likeness (QED) is 0.814. The number of halogens is 1. The highest BCUT2D eigenvalue weighted by Crippen LogP contribution is 2.41. The molecule has 1 unspecified atom stereocenters. The Bertz CT molecular complexity index is 500. The zero-order chi connectivity index (χ0) is 14.0. The average Bonchev–Trinajstić information content (AvgIpc) is 2.33. The molecule has 0 amide bonds. The van der Waals surface area contributed by atoms with E-state index in [1.54, 1.807) is 7.11 Å². The predicted molar refractivity (Wildman–Crippen MR) is 78.1 cm³/mol. The summed E-state index contributed by atoms with van der Waals surface area (Å²) in [5, 5.41) is 9.42. The average molecular weight is 310 g/mol. The number of nitriles is 1. The van der Waals surface area contributed by atoms with Gasteiger partial charge >= 0.3 is 0 Å². The highest BCUT2D eigenvalue weighted by Gasteiger charge is 2.25. The van der Waals surface area contributed by atoms with Crippen LogP contribution in [0, 0.1) is 38.0 Å². The third-order valence-electron chi connectivity index (χ3n) is 3.53. The van der Waals surface area contributed by atoms with Crippen LogP contribution in [0.15, 0.2) is 4.47 Å². The second-order valence-corrected chi connectivity index (χ2v) is 5.78. The largest absolute Gasteiger partial charge is 0.496 e. The minimum Gasteiger partial charge on any atom is -0.496 e. The van der Waals surface area contributed by atoms with Crippen molar-refractivity contribution in [3.8, 4) is 11.8 Å². The van der Waals surface area contributed by atoms with Gasteiger partial charge in [0.2, 0.25) is 0 Å². The molecule has 0 saturated carbocycles. The monoisotopic (exact) mass is 309 g/mol. The molecule has 3 heteroatoms. The van der Waals surface area contributed by atoms with Gasteiger partial charge in [0, 0.05) is 10.0 Å². The van der Waals surface area contributed by atoms with E-state index in [0.29, 0.717) is 0 Å². The molecule has 0 aliphatic heterocycles. The van der Waals surface area contributed by atoms with E-state index in [-0.39, 0.29) is 11.8 Å². The Labute approximate surface area is 118 Å². The van der Waals surface area contributed by atoms with Crippen LogP contribution in [-0.4, -0.2) is 7.11 Å². The van der Waals surface area contributed by atoms with E-state index in [0.717, 1.165) is 26.9 Å². The molecule has 2 nitrogen and oxygen atoms in total. The zero-order valence-electron chi connectivity index (χ0n) is 11.9. The van der Waals surface area contributed by atoms with E-state index < -0.39 is 0 Å². The van der Waals surface area contributed by atoms with Gasteiger partial charge in [-0.2, -0.15) is 5.26 Å². The van der Waals surface area contributed by atoms with Gasteiger partial charge < -0.3 is 4.74 Å². The summed E-state index contributed by atoms with van der Waals surface area (Å²) in [6.45, 7) is 10.3. The maximum absolute atomic E-state index is 9.42. The van der Waals surface area contributed by atoms with Gasteiger partial charge in [0.25, 0.3) is 0 Å². The summed E-state index contributed by atoms with van der Waals surface area (Å²) in [6.07, 6.45) is 0. The second-order valence-electron chi connectivity index (χ2n) is 4.99. The van der Waals surface area contributed by atoms with Crippen LogP contribution in [0.25, 0.3) is 0 Å². The first-order chi connectivity index (χ1) is 8.36. The fourth-order valence-corrected chi connectivity index (χ4v) is 2.80. The highest BCUT2D eigenvalue weighted by atomic mass is 79.9. The van der Waals surface area contributed by atoms with Gasteiger partial charge in [-0.05, 0) is 43.4 Å². The Hall–Kier alpha value is -1.01. The van der Waals surface area contributed by atoms with Crippen LogP contribution in [0.3, 0.4) is 0 Å². The van der Waals surface area contributed by atoms with Crippen LogP contribution < -0.4 is 4.74 Å². The van der Waals surface area contributed by atoms with Crippen molar-refractivity contribution in [3.63, 3.8) is 0 Å². The standard InChI is InChI=1S/C15H20BrNO/c1-8(2)12(7-17)13-11(5)14(16)9(3)10(4)15(13)18-6/h8,12H,1-6H3. The first kappa shape index (κ1) is 15.0. The molecule has 1 rings (SSSR count). The van der Waals surface area contributed by atoms with Crippen molar-refractivity contribution in [1.29, 1.82) is 5.26 Å². The summed E-state index contributed by atoms with van der Waals surface area (Å²) >= 11 is 3.63. The molecule has 0 heterocycles. The lowest BCUT2D eigenvalue weighted by Crippen LogP contribution is -2.10. The topological polar surface area (TPSA) is 33.0 Å². The summed E-state index contributed by atoms with van der Waals surface area (Å²) in [6, 6.07) is 2.41. The molecule has 0 aromatic heterocycles. The smallest absolute Gasteiger partial charge is 0.126 e. The molecule has 0 aliphatic rings. The number of methoxy groups -OCH3 is 1. The number of hydrogen-bond acceptors (Lipinski definition) is 2. The van der Waals surface area contributed by atoms with Crippen LogP contribution in [0.5, 0.6) is 5.75 Å². The SMILES string of the molecule is COc1c(C)c(C)c(Br)c(C)c1C(C#N)C(C)C. The maximum Gasteiger partial charge on any atom is 0.126 e. The van der Waals surface area contributed by atoms with Crippen LogP contribution >= 0.6 is 15.9 Å². The zero-order valence-corrected chi connectivity index (χ0v) is 13.5. The molecule has 98 valence electrons. The van der Waals surface area contributed by atoms with Crippen molar-refractivity contribution in [2.45, 2.75) is 40.5 Å². The van der Waals surface area contributed by atoms with Gasteiger partial charge in [0.1, 0.15) is 5.75 Å². The van der Waals surface area contributed by atoms with Crippen molar-refractivity contribution in [2.75, 3.05) is 7.11 Å². The van der Waals surface area contributed by atoms with E-state index in [9.17, 15) is 5.26 Å². The Kier molecular flexibility index (Phi) is 4.81. The Morgan fingerprint density at radius 3 is 2.06 bits per heavy atom. The molecule has 1 aromatic rings. The Morgan fingerprint density at radius 1 is 1.11 bits per heavy atom. The summed E-state index contributed by atoms with van der Waals surface area (Å²) in [7, 11) is 1.67. The van der Waals surface area contributed by atoms with E-state index in [4.69, 9.17) is 4.74 Å². The first-order valence-electron chi connectivity index (χ1n) is 6.09. The lowest BCUT2D eigenvalue weighted by molar-refractivity contribution is 0.399. The molecule has 18 heavy (non-hydrogen) atoms. The third kappa shape index (κ3) is 2.40. The molecular weight excluding hydrogens is 290 g/mol. The molecule has 0 spiro atoms. The minimum absolute atomic E-state index is 0.143. The van der Waals surface area contributed by atoms with Gasteiger partial charge in [-0.3, -0.25) is 0 Å². The van der Waals surface area contributed by atoms with Crippen LogP contribution in [0.2, 0.25) is 0 Å². The van der Waals surface area contributed by atoms with Crippen LogP contribution in [0.4, 0.5) is 0 Å². The van der Waals surface area contributed by atoms with Gasteiger partial charge in [0.05, 0.1) is 19.1 Å². The summed E-state index contributed by atoms with van der Waals surface area (Å²) in [4.78, 5) is 0. The molecule has 1 atom stereocenters. The number of nitrogens with zero attached hydrogens (tertiary/aromatic N) is 1. The fraction of sp³-hybridized carbons (Fsp3) is 0.533. The van der Waals surface area contributed by atoms with Gasteiger partial charge in [0.15, 0.2) is 0 Å². The lowest BCUT2D eigenvalue weighted by atomic mass is 9.84. The number of benzene rings is 1. The number of rotatable bonds is 3. The van der Waals surface area contributed by atoms with Crippen molar-refractivity contribution in [2.24, 2.45) is 5.92 Å². The molecule has 0 aliphatic carbocycles. The third-order valence-corrected chi connectivity index (χ3v) is 4.72. The molecular formula is C15H20BrNO. The maximum atomic E-state index is 9.42. The van der Waals surface area contributed by atoms with Gasteiger partial charge in [-0.15, -0.1) is 0 Å². The fourth-order valence-electron chi connectivity index (χ4n) is 2.29. The molecule has 1 aromatic carbocycles.